The van der Waals surface area contributed by atoms with Gasteiger partial charge in [-0.05, 0) is 19.1 Å². The van der Waals surface area contributed by atoms with Crippen LogP contribution in [0.3, 0.4) is 0 Å². The summed E-state index contributed by atoms with van der Waals surface area (Å²) in [7, 11) is 0. The normalized spacial score (nSPS) is 16.7. The molecule has 0 saturated carbocycles. The van der Waals surface area contributed by atoms with Gasteiger partial charge in [0, 0.05) is 17.5 Å². The number of esters is 1. The number of ether oxygens (including phenoxy) is 1. The number of carbonyl (C=O) groups is 1. The molecule has 120 valence electrons. The van der Waals surface area contributed by atoms with E-state index in [1.54, 1.807) is 31.2 Å². The molecule has 3 heterocycles. The number of hydrogen-bond acceptors (Lipinski definition) is 6. The highest BCUT2D eigenvalue weighted by Crippen LogP contribution is 2.36. The molecule has 1 aliphatic rings. The van der Waals surface area contributed by atoms with Crippen molar-refractivity contribution >= 4 is 16.9 Å². The van der Waals surface area contributed by atoms with Gasteiger partial charge in [-0.3, -0.25) is 9.59 Å². The summed E-state index contributed by atoms with van der Waals surface area (Å²) in [5, 5.41) is 0.395. The zero-order valence-corrected chi connectivity index (χ0v) is 12.7. The van der Waals surface area contributed by atoms with Gasteiger partial charge in [-0.2, -0.15) is 0 Å². The number of benzene rings is 1. The van der Waals surface area contributed by atoms with E-state index in [2.05, 4.69) is 0 Å². The van der Waals surface area contributed by atoms with Crippen LogP contribution in [0.4, 0.5) is 0 Å². The van der Waals surface area contributed by atoms with Gasteiger partial charge in [0.15, 0.2) is 5.43 Å². The molecule has 0 bridgehead atoms. The summed E-state index contributed by atoms with van der Waals surface area (Å²) in [6, 6.07) is 8.29. The maximum atomic E-state index is 12.8. The second-order valence-electron chi connectivity index (χ2n) is 5.67. The van der Waals surface area contributed by atoms with Crippen LogP contribution in [0, 0.1) is 6.92 Å². The Morgan fingerprint density at radius 2 is 1.92 bits per heavy atom. The lowest BCUT2D eigenvalue weighted by Crippen LogP contribution is -2.29. The number of rotatable bonds is 1. The Kier molecular flexibility index (Phi) is 3.13. The van der Waals surface area contributed by atoms with Crippen molar-refractivity contribution in [3.05, 3.63) is 74.1 Å². The Bertz CT molecular complexity index is 1090. The Morgan fingerprint density at radius 3 is 2.75 bits per heavy atom. The molecule has 0 aliphatic carbocycles. The molecule has 0 saturated heterocycles. The molecule has 0 spiro atoms. The van der Waals surface area contributed by atoms with Crippen molar-refractivity contribution in [1.29, 1.82) is 0 Å². The molecule has 1 atom stereocenters. The van der Waals surface area contributed by atoms with Crippen LogP contribution in [-0.4, -0.2) is 5.97 Å². The van der Waals surface area contributed by atoms with Crippen LogP contribution < -0.4 is 15.8 Å². The van der Waals surface area contributed by atoms with Gasteiger partial charge in [-0.1, -0.05) is 12.1 Å². The van der Waals surface area contributed by atoms with Crippen LogP contribution in [0.1, 0.15) is 29.2 Å². The molecule has 6 heteroatoms. The van der Waals surface area contributed by atoms with Gasteiger partial charge in [0.05, 0.1) is 23.6 Å². The minimum Gasteiger partial charge on any atom is -0.464 e. The molecule has 0 amide bonds. The van der Waals surface area contributed by atoms with Gasteiger partial charge >= 0.3 is 11.6 Å². The largest absolute Gasteiger partial charge is 0.464 e. The first-order valence-corrected chi connectivity index (χ1v) is 7.40. The van der Waals surface area contributed by atoms with Gasteiger partial charge < -0.3 is 13.6 Å². The Hall–Kier alpha value is -3.15. The van der Waals surface area contributed by atoms with Gasteiger partial charge in [0.2, 0.25) is 0 Å². The van der Waals surface area contributed by atoms with E-state index in [-0.39, 0.29) is 28.7 Å². The summed E-state index contributed by atoms with van der Waals surface area (Å²) >= 11 is 0. The summed E-state index contributed by atoms with van der Waals surface area (Å²) < 4.78 is 15.8. The molecule has 2 aromatic heterocycles. The summed E-state index contributed by atoms with van der Waals surface area (Å²) in [6.07, 6.45) is 1.18. The fraction of sp³-hybridized carbons (Fsp3) is 0.167. The van der Waals surface area contributed by atoms with Crippen molar-refractivity contribution in [2.45, 2.75) is 19.3 Å². The second-order valence-corrected chi connectivity index (χ2v) is 5.67. The zero-order valence-electron chi connectivity index (χ0n) is 12.7. The van der Waals surface area contributed by atoms with E-state index in [1.807, 2.05) is 0 Å². The molecule has 0 radical (unpaired) electrons. The molecule has 0 unspecified atom stereocenters. The second kappa shape index (κ2) is 5.19. The highest BCUT2D eigenvalue weighted by atomic mass is 16.5. The van der Waals surface area contributed by atoms with Gasteiger partial charge in [0.25, 0.3) is 0 Å². The third-order valence-corrected chi connectivity index (χ3v) is 4.10. The average Bonchev–Trinajstić information content (AvgIpc) is 2.54. The Balaban J connectivity index is 1.99. The zero-order chi connectivity index (χ0) is 16.8. The number of fused-ring (bicyclic) bond motifs is 2. The van der Waals surface area contributed by atoms with Crippen LogP contribution in [-0.2, 0) is 4.79 Å². The first kappa shape index (κ1) is 14.4. The molecule has 4 rings (SSSR count). The van der Waals surface area contributed by atoms with E-state index < -0.39 is 17.5 Å². The van der Waals surface area contributed by atoms with Crippen molar-refractivity contribution in [1.82, 2.24) is 0 Å². The molecule has 1 aliphatic heterocycles. The van der Waals surface area contributed by atoms with E-state index in [9.17, 15) is 14.4 Å². The lowest BCUT2D eigenvalue weighted by Gasteiger charge is -2.22. The third-order valence-electron chi connectivity index (χ3n) is 4.10. The molecule has 1 aromatic carbocycles. The quantitative estimate of drug-likeness (QED) is 0.639. The third kappa shape index (κ3) is 2.15. The molecule has 24 heavy (non-hydrogen) atoms. The maximum Gasteiger partial charge on any atom is 0.343 e. The molecular formula is C18H12O6. The number of para-hydroxylation sites is 1. The SMILES string of the molecule is Cc1cc2c(c(=O)o1)[C@@H](c1coc3ccccc3c1=O)CC(=O)O2. The molecule has 3 aromatic rings. The van der Waals surface area contributed by atoms with Gasteiger partial charge in [-0.25, -0.2) is 4.79 Å². The van der Waals surface area contributed by atoms with E-state index in [4.69, 9.17) is 13.6 Å². The summed E-state index contributed by atoms with van der Waals surface area (Å²) in [6.45, 7) is 1.59. The summed E-state index contributed by atoms with van der Waals surface area (Å²) in [4.78, 5) is 37.0. The van der Waals surface area contributed by atoms with Crippen LogP contribution in [0.5, 0.6) is 5.75 Å². The molecular weight excluding hydrogens is 312 g/mol. The highest BCUT2D eigenvalue weighted by molar-refractivity contribution is 5.79. The van der Waals surface area contributed by atoms with E-state index in [0.29, 0.717) is 16.7 Å². The average molecular weight is 324 g/mol. The monoisotopic (exact) mass is 324 g/mol. The van der Waals surface area contributed by atoms with Crippen LogP contribution in [0.25, 0.3) is 11.0 Å². The predicted octanol–water partition coefficient (Wildman–Crippen LogP) is 2.50. The Morgan fingerprint density at radius 1 is 1.12 bits per heavy atom. The minimum atomic E-state index is -0.751. The fourth-order valence-corrected chi connectivity index (χ4v) is 3.02. The van der Waals surface area contributed by atoms with Gasteiger partial charge in [0.1, 0.15) is 17.1 Å². The lowest BCUT2D eigenvalue weighted by atomic mass is 9.87. The van der Waals surface area contributed by atoms with Crippen molar-refractivity contribution in [3.63, 3.8) is 0 Å². The number of hydrogen-bond donors (Lipinski definition) is 0. The maximum absolute atomic E-state index is 12.8. The standard InChI is InChI=1S/C18H12O6/c1-9-6-14-16(18(21)23-9)11(7-15(19)24-14)12-8-22-13-5-3-2-4-10(13)17(12)20/h2-6,8,11H,7H2,1H3/t11-/m1/s1. The Labute approximate surface area is 135 Å². The van der Waals surface area contributed by atoms with Crippen molar-refractivity contribution in [2.75, 3.05) is 0 Å². The highest BCUT2D eigenvalue weighted by Gasteiger charge is 2.34. The van der Waals surface area contributed by atoms with Crippen LogP contribution >= 0.6 is 0 Å². The van der Waals surface area contributed by atoms with Crippen molar-refractivity contribution < 1.29 is 18.4 Å². The van der Waals surface area contributed by atoms with Crippen molar-refractivity contribution in [3.8, 4) is 5.75 Å². The topological polar surface area (TPSA) is 86.7 Å². The summed E-state index contributed by atoms with van der Waals surface area (Å²) in [5.41, 5.74) is -0.0381. The smallest absolute Gasteiger partial charge is 0.343 e. The molecule has 0 N–H and O–H groups in total. The minimum absolute atomic E-state index is 0.121. The van der Waals surface area contributed by atoms with Crippen LogP contribution in [0.2, 0.25) is 0 Å². The fourth-order valence-electron chi connectivity index (χ4n) is 3.02. The predicted molar refractivity (Wildman–Crippen MR) is 84.3 cm³/mol. The number of carbonyl (C=O) groups excluding carboxylic acids is 1. The van der Waals surface area contributed by atoms with Gasteiger partial charge in [-0.15, -0.1) is 0 Å². The first-order valence-electron chi connectivity index (χ1n) is 7.40. The summed E-state index contributed by atoms with van der Waals surface area (Å²) in [5.74, 6) is -0.792. The molecule has 6 nitrogen and oxygen atoms in total. The van der Waals surface area contributed by atoms with E-state index >= 15 is 0 Å². The van der Waals surface area contributed by atoms with E-state index in [0.717, 1.165) is 0 Å². The lowest BCUT2D eigenvalue weighted by molar-refractivity contribution is -0.135. The van der Waals surface area contributed by atoms with E-state index in [1.165, 1.54) is 12.3 Å². The molecule has 0 fully saturated rings. The number of aryl methyl sites for hydroxylation is 1. The van der Waals surface area contributed by atoms with Crippen molar-refractivity contribution in [2.24, 2.45) is 0 Å². The van der Waals surface area contributed by atoms with Crippen LogP contribution in [0.15, 0.2) is 55.0 Å². The first-order chi connectivity index (χ1) is 11.5.